The van der Waals surface area contributed by atoms with E-state index in [9.17, 15) is 14.4 Å². The predicted octanol–water partition coefficient (Wildman–Crippen LogP) is 4.62. The average molecular weight is 547 g/mol. The molecule has 0 spiro atoms. The van der Waals surface area contributed by atoms with Gasteiger partial charge in [-0.2, -0.15) is 0 Å². The first-order valence-corrected chi connectivity index (χ1v) is 12.3. The number of rotatable bonds is 7. The number of alkyl halides is 2. The minimum atomic E-state index is -0.146. The summed E-state index contributed by atoms with van der Waals surface area (Å²) in [6.07, 6.45) is 3.56. The normalized spacial score (nSPS) is 32.7. The van der Waals surface area contributed by atoms with Gasteiger partial charge < -0.3 is 5.32 Å². The van der Waals surface area contributed by atoms with Crippen LogP contribution in [0.3, 0.4) is 0 Å². The van der Waals surface area contributed by atoms with Crippen molar-refractivity contribution in [2.45, 2.75) is 41.8 Å². The highest BCUT2D eigenvalue weighted by Gasteiger charge is 2.66. The zero-order valence-electron chi connectivity index (χ0n) is 15.8. The van der Waals surface area contributed by atoms with E-state index in [0.29, 0.717) is 30.1 Å². The van der Waals surface area contributed by atoms with Crippen molar-refractivity contribution in [2.24, 2.45) is 23.7 Å². The number of imide groups is 1. The van der Waals surface area contributed by atoms with E-state index >= 15 is 0 Å². The number of halogens is 3. The predicted molar refractivity (Wildman–Crippen MR) is 119 cm³/mol. The lowest BCUT2D eigenvalue weighted by atomic mass is 9.81. The summed E-state index contributed by atoms with van der Waals surface area (Å²) in [5.74, 6) is 0.151. The van der Waals surface area contributed by atoms with Crippen LogP contribution in [0.1, 0.15) is 32.1 Å². The van der Waals surface area contributed by atoms with Crippen LogP contribution in [0.5, 0.6) is 0 Å². The molecule has 29 heavy (non-hydrogen) atoms. The highest BCUT2D eigenvalue weighted by molar-refractivity contribution is 9.12. The van der Waals surface area contributed by atoms with Crippen LogP contribution >= 0.6 is 43.5 Å². The molecule has 3 aliphatic rings. The molecule has 0 radical (unpaired) electrons. The second-order valence-corrected chi connectivity index (χ2v) is 10.7. The number of likely N-dealkylation sites (tertiary alicyclic amines) is 1. The summed E-state index contributed by atoms with van der Waals surface area (Å²) in [5.41, 5.74) is 0.615. The molecule has 1 aliphatic heterocycles. The van der Waals surface area contributed by atoms with Crippen LogP contribution in [0.2, 0.25) is 5.02 Å². The average Bonchev–Trinajstić information content (AvgIpc) is 3.29. The van der Waals surface area contributed by atoms with Crippen LogP contribution in [-0.2, 0) is 14.4 Å². The molecule has 6 atom stereocenters. The maximum Gasteiger partial charge on any atom is 0.233 e. The third-order valence-corrected chi connectivity index (χ3v) is 10.0. The van der Waals surface area contributed by atoms with E-state index in [4.69, 9.17) is 11.6 Å². The van der Waals surface area contributed by atoms with Crippen molar-refractivity contribution in [2.75, 3.05) is 11.9 Å². The molecule has 1 aromatic rings. The number of hydrogen-bond acceptors (Lipinski definition) is 3. The Bertz CT molecular complexity index is 804. The minimum absolute atomic E-state index is 0.00723. The lowest BCUT2D eigenvalue weighted by Crippen LogP contribution is -2.37. The lowest BCUT2D eigenvalue weighted by molar-refractivity contribution is -0.140. The van der Waals surface area contributed by atoms with Gasteiger partial charge in [0.15, 0.2) is 0 Å². The molecule has 2 bridgehead atoms. The summed E-state index contributed by atoms with van der Waals surface area (Å²) in [4.78, 5) is 39.7. The summed E-state index contributed by atoms with van der Waals surface area (Å²) >= 11 is 13.5. The van der Waals surface area contributed by atoms with Gasteiger partial charge in [0.05, 0.1) is 22.5 Å². The summed E-state index contributed by atoms with van der Waals surface area (Å²) < 4.78 is 0. The van der Waals surface area contributed by atoms with Gasteiger partial charge >= 0.3 is 0 Å². The van der Waals surface area contributed by atoms with Gasteiger partial charge in [-0.25, -0.2) is 0 Å². The molecule has 4 rings (SSSR count). The number of anilines is 1. The monoisotopic (exact) mass is 544 g/mol. The van der Waals surface area contributed by atoms with Gasteiger partial charge in [0.1, 0.15) is 0 Å². The van der Waals surface area contributed by atoms with E-state index < -0.39 is 0 Å². The molecule has 3 amide bonds. The SMILES string of the molecule is O=C(CCCCCN1C(=O)[C@@H]2[C@@H]3C[C@H]([C@H](Br)[C@@H]3Br)[C@@H]2C1=O)Nc1ccccc1Cl. The first-order valence-electron chi connectivity index (χ1n) is 10.1. The summed E-state index contributed by atoms with van der Waals surface area (Å²) in [6, 6.07) is 7.14. The Morgan fingerprint density at radius 1 is 1.03 bits per heavy atom. The van der Waals surface area contributed by atoms with Gasteiger partial charge in [0.25, 0.3) is 0 Å². The lowest BCUT2D eigenvalue weighted by Gasteiger charge is -2.28. The number of unbranched alkanes of at least 4 members (excludes halogenated alkanes) is 2. The number of carbonyl (C=O) groups excluding carboxylic acids is 3. The molecule has 2 saturated carbocycles. The summed E-state index contributed by atoms with van der Waals surface area (Å²) in [6.45, 7) is 0.455. The van der Waals surface area contributed by atoms with Crippen molar-refractivity contribution in [3.05, 3.63) is 29.3 Å². The number of para-hydroxylation sites is 1. The van der Waals surface area contributed by atoms with Crippen LogP contribution in [0.15, 0.2) is 24.3 Å². The molecule has 0 unspecified atom stereocenters. The molecule has 1 aromatic carbocycles. The number of carbonyl (C=O) groups is 3. The number of hydrogen-bond donors (Lipinski definition) is 1. The Hall–Kier alpha value is -0.920. The van der Waals surface area contributed by atoms with Gasteiger partial charge in [-0.3, -0.25) is 19.3 Å². The molecule has 0 aromatic heterocycles. The fourth-order valence-corrected chi connectivity index (χ4v) is 7.19. The molecule has 1 heterocycles. The Morgan fingerprint density at radius 3 is 2.28 bits per heavy atom. The quantitative estimate of drug-likeness (QED) is 0.309. The molecule has 8 heteroatoms. The highest BCUT2D eigenvalue weighted by Crippen LogP contribution is 2.60. The van der Waals surface area contributed by atoms with E-state index in [1.165, 1.54) is 4.90 Å². The zero-order valence-corrected chi connectivity index (χ0v) is 19.7. The van der Waals surface area contributed by atoms with Crippen molar-refractivity contribution in [1.82, 2.24) is 4.90 Å². The maximum atomic E-state index is 12.8. The topological polar surface area (TPSA) is 66.5 Å². The number of nitrogens with one attached hydrogen (secondary N) is 1. The molecule has 1 N–H and O–H groups in total. The third kappa shape index (κ3) is 3.90. The van der Waals surface area contributed by atoms with Crippen molar-refractivity contribution in [1.29, 1.82) is 0 Å². The van der Waals surface area contributed by atoms with Crippen molar-refractivity contribution in [3.8, 4) is 0 Å². The number of benzene rings is 1. The van der Waals surface area contributed by atoms with Gasteiger partial charge in [0, 0.05) is 22.6 Å². The van der Waals surface area contributed by atoms with E-state index in [1.54, 1.807) is 12.1 Å². The zero-order chi connectivity index (χ0) is 20.7. The van der Waals surface area contributed by atoms with Gasteiger partial charge in [0.2, 0.25) is 17.7 Å². The Morgan fingerprint density at radius 2 is 1.66 bits per heavy atom. The fraction of sp³-hybridized carbons (Fsp3) is 0.571. The Kier molecular flexibility index (Phi) is 6.38. The van der Waals surface area contributed by atoms with E-state index in [1.807, 2.05) is 12.1 Å². The number of amides is 3. The van der Waals surface area contributed by atoms with Crippen LogP contribution in [0.25, 0.3) is 0 Å². The first kappa shape index (κ1) is 21.3. The smallest absolute Gasteiger partial charge is 0.233 e. The van der Waals surface area contributed by atoms with Crippen molar-refractivity contribution >= 4 is 66.9 Å². The van der Waals surface area contributed by atoms with Crippen molar-refractivity contribution < 1.29 is 14.4 Å². The van der Waals surface area contributed by atoms with Crippen molar-refractivity contribution in [3.63, 3.8) is 0 Å². The second kappa shape index (κ2) is 8.67. The van der Waals surface area contributed by atoms with Gasteiger partial charge in [-0.05, 0) is 43.2 Å². The van der Waals surface area contributed by atoms with Gasteiger partial charge in [-0.15, -0.1) is 0 Å². The van der Waals surface area contributed by atoms with Crippen LogP contribution in [-0.4, -0.2) is 38.8 Å². The summed E-state index contributed by atoms with van der Waals surface area (Å²) in [7, 11) is 0. The largest absolute Gasteiger partial charge is 0.325 e. The molecule has 3 fully saturated rings. The minimum Gasteiger partial charge on any atom is -0.325 e. The second-order valence-electron chi connectivity index (χ2n) is 8.17. The third-order valence-electron chi connectivity index (χ3n) is 6.51. The maximum absolute atomic E-state index is 12.8. The molecule has 156 valence electrons. The Labute approximate surface area is 192 Å². The highest BCUT2D eigenvalue weighted by atomic mass is 79.9. The van der Waals surface area contributed by atoms with E-state index in [0.717, 1.165) is 19.3 Å². The van der Waals surface area contributed by atoms with Gasteiger partial charge in [-0.1, -0.05) is 62.0 Å². The summed E-state index contributed by atoms with van der Waals surface area (Å²) in [5, 5.41) is 3.33. The Balaban J connectivity index is 1.22. The fourth-order valence-electron chi connectivity index (χ4n) is 5.14. The van der Waals surface area contributed by atoms with Crippen LogP contribution in [0.4, 0.5) is 5.69 Å². The number of fused-ring (bicyclic) bond motifs is 5. The van der Waals surface area contributed by atoms with E-state index in [-0.39, 0.29) is 51.0 Å². The molecular weight excluding hydrogens is 524 g/mol. The first-order chi connectivity index (χ1) is 13.9. The van der Waals surface area contributed by atoms with Crippen LogP contribution < -0.4 is 5.32 Å². The van der Waals surface area contributed by atoms with E-state index in [2.05, 4.69) is 37.2 Å². The standard InChI is InChI=1S/C21H23Br2ClN2O3/c22-18-11-10-12(19(18)23)17-16(11)20(28)26(21(17)29)9-5-1-2-8-15(27)25-14-7-4-3-6-13(14)24/h3-4,6-7,11-12,16-19H,1-2,5,8-10H2,(H,25,27)/t11-,12-,16-,17+,18-,19+/m0/s1. The molecule has 5 nitrogen and oxygen atoms in total. The molecule has 1 saturated heterocycles. The molecule has 2 aliphatic carbocycles. The van der Waals surface area contributed by atoms with Crippen LogP contribution in [0, 0.1) is 23.7 Å². The molecular formula is C21H23Br2ClN2O3. The number of nitrogens with zero attached hydrogens (tertiary/aromatic N) is 1.